The number of rotatable bonds is 6. The van der Waals surface area contributed by atoms with Crippen LogP contribution in [0.15, 0.2) is 18.2 Å². The van der Waals surface area contributed by atoms with Crippen LogP contribution in [0.3, 0.4) is 0 Å². The smallest absolute Gasteiger partial charge is 0.335 e. The van der Waals surface area contributed by atoms with Crippen LogP contribution in [0.1, 0.15) is 29.8 Å². The second kappa shape index (κ2) is 6.78. The third-order valence-corrected chi connectivity index (χ3v) is 3.02. The second-order valence-corrected chi connectivity index (χ2v) is 4.25. The topological polar surface area (TPSA) is 69.6 Å². The lowest BCUT2D eigenvalue weighted by Crippen LogP contribution is -2.35. The highest BCUT2D eigenvalue weighted by Gasteiger charge is 2.10. The molecule has 104 valence electrons. The highest BCUT2D eigenvalue weighted by Crippen LogP contribution is 2.15. The number of nitrogens with one attached hydrogen (secondary N) is 1. The Labute approximate surface area is 113 Å². The van der Waals surface area contributed by atoms with Crippen molar-refractivity contribution in [1.29, 1.82) is 0 Å². The quantitative estimate of drug-likeness (QED) is 0.824. The number of carbonyl (C=O) groups excluding carboxylic acids is 1. The first-order valence-electron chi connectivity index (χ1n) is 6.35. The normalized spacial score (nSPS) is 10.1. The molecule has 0 saturated carbocycles. The second-order valence-electron chi connectivity index (χ2n) is 4.25. The Morgan fingerprint density at radius 3 is 2.37 bits per heavy atom. The van der Waals surface area contributed by atoms with Crippen LogP contribution in [-0.4, -0.2) is 41.5 Å². The summed E-state index contributed by atoms with van der Waals surface area (Å²) in [5, 5.41) is 11.9. The minimum Gasteiger partial charge on any atom is -0.478 e. The molecule has 0 aliphatic carbocycles. The van der Waals surface area contributed by atoms with Crippen molar-refractivity contribution >= 4 is 17.6 Å². The van der Waals surface area contributed by atoms with Gasteiger partial charge in [-0.05, 0) is 44.5 Å². The first kappa shape index (κ1) is 15.0. The van der Waals surface area contributed by atoms with E-state index in [2.05, 4.69) is 5.32 Å². The lowest BCUT2D eigenvalue weighted by Gasteiger charge is -2.19. The molecule has 0 radical (unpaired) electrons. The number of benzene rings is 1. The molecule has 0 heterocycles. The first-order chi connectivity index (χ1) is 8.99. The molecule has 1 rings (SSSR count). The molecule has 0 fully saturated rings. The summed E-state index contributed by atoms with van der Waals surface area (Å²) in [5.74, 6) is -0.909. The summed E-state index contributed by atoms with van der Waals surface area (Å²) in [6, 6.07) is 4.95. The van der Waals surface area contributed by atoms with Gasteiger partial charge in [-0.2, -0.15) is 0 Å². The van der Waals surface area contributed by atoms with E-state index in [0.717, 1.165) is 5.69 Å². The van der Waals surface area contributed by atoms with Gasteiger partial charge < -0.3 is 15.3 Å². The zero-order valence-electron chi connectivity index (χ0n) is 11.6. The van der Waals surface area contributed by atoms with E-state index in [1.807, 2.05) is 13.8 Å². The predicted molar refractivity (Wildman–Crippen MR) is 74.6 cm³/mol. The van der Waals surface area contributed by atoms with E-state index in [-0.39, 0.29) is 18.0 Å². The number of carboxylic acid groups (broad SMARTS) is 1. The minimum absolute atomic E-state index is 0.0324. The van der Waals surface area contributed by atoms with Crippen LogP contribution >= 0.6 is 0 Å². The highest BCUT2D eigenvalue weighted by molar-refractivity contribution is 5.90. The van der Waals surface area contributed by atoms with Crippen molar-refractivity contribution in [2.24, 2.45) is 0 Å². The molecule has 0 aliphatic heterocycles. The average molecular weight is 264 g/mol. The number of likely N-dealkylation sites (N-methyl/N-ethyl adjacent to an activating group) is 1. The molecule has 19 heavy (non-hydrogen) atoms. The highest BCUT2D eigenvalue weighted by atomic mass is 16.4. The molecule has 0 aliphatic rings. The van der Waals surface area contributed by atoms with Crippen molar-refractivity contribution in [3.63, 3.8) is 0 Å². The Morgan fingerprint density at radius 1 is 1.26 bits per heavy atom. The Balaban J connectivity index is 2.66. The molecule has 0 spiro atoms. The number of amides is 1. The molecule has 1 aromatic rings. The van der Waals surface area contributed by atoms with Crippen LogP contribution in [0.5, 0.6) is 0 Å². The van der Waals surface area contributed by atoms with Crippen molar-refractivity contribution in [3.8, 4) is 0 Å². The summed E-state index contributed by atoms with van der Waals surface area (Å²) in [5.41, 5.74) is 1.71. The summed E-state index contributed by atoms with van der Waals surface area (Å²) < 4.78 is 0. The largest absolute Gasteiger partial charge is 0.478 e. The van der Waals surface area contributed by atoms with Crippen LogP contribution in [0.2, 0.25) is 0 Å². The Bertz CT molecular complexity index is 468. The molecule has 1 amide bonds. The number of carbonyl (C=O) groups is 2. The van der Waals surface area contributed by atoms with Crippen molar-refractivity contribution in [2.75, 3.05) is 25.0 Å². The summed E-state index contributed by atoms with van der Waals surface area (Å²) in [7, 11) is 0. The molecular weight excluding hydrogens is 244 g/mol. The molecule has 2 N–H and O–H groups in total. The fraction of sp³-hybridized carbons (Fsp3) is 0.429. The van der Waals surface area contributed by atoms with Gasteiger partial charge in [-0.15, -0.1) is 0 Å². The van der Waals surface area contributed by atoms with E-state index in [0.29, 0.717) is 18.7 Å². The molecule has 5 heteroatoms. The predicted octanol–water partition coefficient (Wildman–Crippen LogP) is 1.97. The van der Waals surface area contributed by atoms with Gasteiger partial charge in [-0.25, -0.2) is 4.79 Å². The first-order valence-corrected chi connectivity index (χ1v) is 6.35. The monoisotopic (exact) mass is 264 g/mol. The van der Waals surface area contributed by atoms with Crippen LogP contribution in [0, 0.1) is 6.92 Å². The lowest BCUT2D eigenvalue weighted by atomic mass is 10.1. The van der Waals surface area contributed by atoms with E-state index < -0.39 is 5.97 Å². The molecule has 0 saturated heterocycles. The van der Waals surface area contributed by atoms with Gasteiger partial charge in [-0.1, -0.05) is 0 Å². The molecular formula is C14H20N2O3. The lowest BCUT2D eigenvalue weighted by molar-refractivity contribution is -0.128. The molecule has 0 atom stereocenters. The van der Waals surface area contributed by atoms with Crippen LogP contribution in [0.25, 0.3) is 0 Å². The zero-order chi connectivity index (χ0) is 14.4. The van der Waals surface area contributed by atoms with Gasteiger partial charge in [0.1, 0.15) is 0 Å². The number of nitrogens with zero attached hydrogens (tertiary/aromatic N) is 1. The van der Waals surface area contributed by atoms with Crippen molar-refractivity contribution in [2.45, 2.75) is 20.8 Å². The fourth-order valence-corrected chi connectivity index (χ4v) is 1.88. The Kier molecular flexibility index (Phi) is 5.36. The van der Waals surface area contributed by atoms with E-state index >= 15 is 0 Å². The SMILES string of the molecule is CCN(CC)C(=O)CNc1ccc(C(=O)O)c(C)c1. The Hall–Kier alpha value is -2.04. The summed E-state index contributed by atoms with van der Waals surface area (Å²) in [6.45, 7) is 7.21. The third-order valence-electron chi connectivity index (χ3n) is 3.02. The molecule has 0 aromatic heterocycles. The van der Waals surface area contributed by atoms with Gasteiger partial charge in [0.25, 0.3) is 0 Å². The van der Waals surface area contributed by atoms with E-state index in [4.69, 9.17) is 5.11 Å². The number of anilines is 1. The summed E-state index contributed by atoms with van der Waals surface area (Å²) in [6.07, 6.45) is 0. The molecule has 1 aromatic carbocycles. The zero-order valence-corrected chi connectivity index (χ0v) is 11.6. The Morgan fingerprint density at radius 2 is 1.89 bits per heavy atom. The maximum Gasteiger partial charge on any atom is 0.335 e. The molecule has 0 bridgehead atoms. The fourth-order valence-electron chi connectivity index (χ4n) is 1.88. The van der Waals surface area contributed by atoms with Gasteiger partial charge in [-0.3, -0.25) is 4.79 Å². The van der Waals surface area contributed by atoms with Crippen molar-refractivity contribution in [1.82, 2.24) is 4.90 Å². The number of aryl methyl sites for hydroxylation is 1. The maximum atomic E-state index is 11.8. The minimum atomic E-state index is -0.941. The van der Waals surface area contributed by atoms with Crippen LogP contribution in [-0.2, 0) is 4.79 Å². The molecule has 5 nitrogen and oxygen atoms in total. The average Bonchev–Trinajstić information content (AvgIpc) is 2.37. The van der Waals surface area contributed by atoms with E-state index in [9.17, 15) is 9.59 Å². The summed E-state index contributed by atoms with van der Waals surface area (Å²) in [4.78, 5) is 24.4. The van der Waals surface area contributed by atoms with E-state index in [1.165, 1.54) is 0 Å². The molecule has 0 unspecified atom stereocenters. The number of hydrogen-bond acceptors (Lipinski definition) is 3. The van der Waals surface area contributed by atoms with Gasteiger partial charge in [0.15, 0.2) is 0 Å². The van der Waals surface area contributed by atoms with Crippen LogP contribution < -0.4 is 5.32 Å². The van der Waals surface area contributed by atoms with Crippen molar-refractivity contribution in [3.05, 3.63) is 29.3 Å². The number of hydrogen-bond donors (Lipinski definition) is 2. The van der Waals surface area contributed by atoms with E-state index in [1.54, 1.807) is 30.0 Å². The number of aromatic carboxylic acids is 1. The third kappa shape index (κ3) is 3.98. The van der Waals surface area contributed by atoms with Gasteiger partial charge in [0, 0.05) is 18.8 Å². The summed E-state index contributed by atoms with van der Waals surface area (Å²) >= 11 is 0. The number of carboxylic acids is 1. The standard InChI is InChI=1S/C14H20N2O3/c1-4-16(5-2)13(17)9-15-11-6-7-12(14(18)19)10(3)8-11/h6-8,15H,4-5,9H2,1-3H3,(H,18,19). The maximum absolute atomic E-state index is 11.8. The van der Waals surface area contributed by atoms with Crippen molar-refractivity contribution < 1.29 is 14.7 Å². The van der Waals surface area contributed by atoms with Gasteiger partial charge >= 0.3 is 5.97 Å². The van der Waals surface area contributed by atoms with Crippen LogP contribution in [0.4, 0.5) is 5.69 Å². The van der Waals surface area contributed by atoms with Gasteiger partial charge in [0.05, 0.1) is 12.1 Å². The van der Waals surface area contributed by atoms with Gasteiger partial charge in [0.2, 0.25) is 5.91 Å².